The maximum absolute atomic E-state index is 13.8. The predicted octanol–water partition coefficient (Wildman–Crippen LogP) is 3.33. The molecule has 38 heavy (non-hydrogen) atoms. The average molecular weight is 516 g/mol. The lowest BCUT2D eigenvalue weighted by Crippen LogP contribution is -2.52. The zero-order valence-corrected chi connectivity index (χ0v) is 22.1. The van der Waals surface area contributed by atoms with Crippen LogP contribution in [0.1, 0.15) is 16.7 Å². The van der Waals surface area contributed by atoms with Crippen LogP contribution in [0.15, 0.2) is 84.9 Å². The fraction of sp³-hybridized carbons (Fsp3) is 0.355. The standard InChI is InChI=1S/C31H37N3O4/c1-37-28-14-12-27(13-15-28)24-34(30(35)23-26-10-6-3-7-11-26)29(22-25-8-4-2-5-9-25)31(36)32-16-17-33-18-20-38-21-19-33/h2-15,29H,16-24H2,1H3,(H,32,36). The van der Waals surface area contributed by atoms with Gasteiger partial charge in [0.1, 0.15) is 11.8 Å². The van der Waals surface area contributed by atoms with Gasteiger partial charge in [0, 0.05) is 39.1 Å². The van der Waals surface area contributed by atoms with Crippen molar-refractivity contribution in [1.29, 1.82) is 0 Å². The summed E-state index contributed by atoms with van der Waals surface area (Å²) in [5, 5.41) is 3.12. The Bertz CT molecular complexity index is 1130. The quantitative estimate of drug-likeness (QED) is 0.401. The van der Waals surface area contributed by atoms with Crippen LogP contribution in [-0.2, 0) is 33.7 Å². The van der Waals surface area contributed by atoms with Crippen LogP contribution in [0.5, 0.6) is 5.75 Å². The zero-order chi connectivity index (χ0) is 26.6. The summed E-state index contributed by atoms with van der Waals surface area (Å²) in [5.74, 6) is 0.519. The maximum Gasteiger partial charge on any atom is 0.243 e. The van der Waals surface area contributed by atoms with Gasteiger partial charge in [-0.1, -0.05) is 72.8 Å². The molecule has 4 rings (SSSR count). The molecule has 1 saturated heterocycles. The summed E-state index contributed by atoms with van der Waals surface area (Å²) >= 11 is 0. The number of methoxy groups -OCH3 is 1. The van der Waals surface area contributed by atoms with Crippen molar-refractivity contribution in [3.8, 4) is 5.75 Å². The molecule has 1 aliphatic heterocycles. The summed E-state index contributed by atoms with van der Waals surface area (Å²) in [6, 6.07) is 26.5. The summed E-state index contributed by atoms with van der Waals surface area (Å²) in [6.07, 6.45) is 0.657. The van der Waals surface area contributed by atoms with Crippen LogP contribution in [0.25, 0.3) is 0 Å². The number of morpholine rings is 1. The van der Waals surface area contributed by atoms with E-state index in [4.69, 9.17) is 9.47 Å². The van der Waals surface area contributed by atoms with E-state index in [9.17, 15) is 9.59 Å². The minimum atomic E-state index is -0.652. The maximum atomic E-state index is 13.8. The van der Waals surface area contributed by atoms with Gasteiger partial charge < -0.3 is 19.7 Å². The Balaban J connectivity index is 1.56. The monoisotopic (exact) mass is 515 g/mol. The molecule has 1 unspecified atom stereocenters. The van der Waals surface area contributed by atoms with Gasteiger partial charge in [0.05, 0.1) is 26.7 Å². The Hall–Kier alpha value is -3.68. The number of hydrogen-bond donors (Lipinski definition) is 1. The first-order valence-electron chi connectivity index (χ1n) is 13.2. The highest BCUT2D eigenvalue weighted by Crippen LogP contribution is 2.19. The van der Waals surface area contributed by atoms with Crippen LogP contribution in [-0.4, -0.2) is 74.2 Å². The Kier molecular flexibility index (Phi) is 10.3. The van der Waals surface area contributed by atoms with Gasteiger partial charge in [0.2, 0.25) is 11.8 Å². The number of rotatable bonds is 12. The third-order valence-corrected chi connectivity index (χ3v) is 6.81. The SMILES string of the molecule is COc1ccc(CN(C(=O)Cc2ccccc2)C(Cc2ccccc2)C(=O)NCCN2CCOCC2)cc1. The van der Waals surface area contributed by atoms with Crippen LogP contribution < -0.4 is 10.1 Å². The van der Waals surface area contributed by atoms with Crippen molar-refractivity contribution < 1.29 is 19.1 Å². The topological polar surface area (TPSA) is 71.1 Å². The largest absolute Gasteiger partial charge is 0.497 e. The van der Waals surface area contributed by atoms with Gasteiger partial charge in [-0.3, -0.25) is 14.5 Å². The number of carbonyl (C=O) groups excluding carboxylic acids is 2. The average Bonchev–Trinajstić information content (AvgIpc) is 2.96. The highest BCUT2D eigenvalue weighted by atomic mass is 16.5. The molecule has 7 nitrogen and oxygen atoms in total. The van der Waals surface area contributed by atoms with Crippen LogP contribution in [0, 0.1) is 0 Å². The molecule has 1 atom stereocenters. The van der Waals surface area contributed by atoms with E-state index < -0.39 is 6.04 Å². The Morgan fingerprint density at radius 3 is 2.16 bits per heavy atom. The lowest BCUT2D eigenvalue weighted by Gasteiger charge is -2.32. The minimum Gasteiger partial charge on any atom is -0.497 e. The molecule has 2 amide bonds. The molecule has 3 aromatic rings. The van der Waals surface area contributed by atoms with Gasteiger partial charge in [-0.25, -0.2) is 0 Å². The normalized spacial score (nSPS) is 14.4. The fourth-order valence-corrected chi connectivity index (χ4v) is 4.63. The van der Waals surface area contributed by atoms with E-state index in [0.717, 1.165) is 42.1 Å². The molecule has 0 bridgehead atoms. The van der Waals surface area contributed by atoms with Crippen LogP contribution in [0.4, 0.5) is 0 Å². The summed E-state index contributed by atoms with van der Waals surface area (Å²) in [5.41, 5.74) is 2.86. The lowest BCUT2D eigenvalue weighted by molar-refractivity contribution is -0.140. The van der Waals surface area contributed by atoms with Crippen LogP contribution >= 0.6 is 0 Å². The van der Waals surface area contributed by atoms with Gasteiger partial charge >= 0.3 is 0 Å². The van der Waals surface area contributed by atoms with Crippen molar-refractivity contribution >= 4 is 11.8 Å². The highest BCUT2D eigenvalue weighted by molar-refractivity contribution is 5.88. The molecule has 0 saturated carbocycles. The number of nitrogens with zero attached hydrogens (tertiary/aromatic N) is 2. The molecule has 3 aromatic carbocycles. The first-order chi connectivity index (χ1) is 18.6. The molecule has 1 aliphatic rings. The van der Waals surface area contributed by atoms with E-state index in [0.29, 0.717) is 32.7 Å². The molecular weight excluding hydrogens is 478 g/mol. The van der Waals surface area contributed by atoms with Crippen LogP contribution in [0.2, 0.25) is 0 Å². The number of ether oxygens (including phenoxy) is 2. The summed E-state index contributed by atoms with van der Waals surface area (Å²) < 4.78 is 10.7. The minimum absolute atomic E-state index is 0.0868. The van der Waals surface area contributed by atoms with Crippen molar-refractivity contribution in [2.45, 2.75) is 25.4 Å². The van der Waals surface area contributed by atoms with E-state index in [1.165, 1.54) is 0 Å². The summed E-state index contributed by atoms with van der Waals surface area (Å²) in [4.78, 5) is 31.5. The number of nitrogens with one attached hydrogen (secondary N) is 1. The molecule has 0 aromatic heterocycles. The second-order valence-corrected chi connectivity index (χ2v) is 9.48. The number of carbonyl (C=O) groups is 2. The Labute approximate surface area is 225 Å². The Morgan fingerprint density at radius 1 is 0.895 bits per heavy atom. The number of amides is 2. The van der Waals surface area contributed by atoms with Crippen molar-refractivity contribution in [2.75, 3.05) is 46.5 Å². The van der Waals surface area contributed by atoms with Gasteiger partial charge in [-0.2, -0.15) is 0 Å². The van der Waals surface area contributed by atoms with Crippen molar-refractivity contribution in [2.24, 2.45) is 0 Å². The Morgan fingerprint density at radius 2 is 1.53 bits per heavy atom. The first-order valence-corrected chi connectivity index (χ1v) is 13.2. The molecule has 200 valence electrons. The molecule has 0 radical (unpaired) electrons. The third-order valence-electron chi connectivity index (χ3n) is 6.81. The number of benzene rings is 3. The van der Waals surface area contributed by atoms with E-state index in [2.05, 4.69) is 10.2 Å². The zero-order valence-electron chi connectivity index (χ0n) is 22.1. The van der Waals surface area contributed by atoms with E-state index >= 15 is 0 Å². The van der Waals surface area contributed by atoms with Crippen molar-refractivity contribution in [1.82, 2.24) is 15.1 Å². The van der Waals surface area contributed by atoms with Gasteiger partial charge in [0.15, 0.2) is 0 Å². The predicted molar refractivity (Wildman–Crippen MR) is 148 cm³/mol. The van der Waals surface area contributed by atoms with Gasteiger partial charge in [-0.15, -0.1) is 0 Å². The summed E-state index contributed by atoms with van der Waals surface area (Å²) in [6.45, 7) is 4.76. The molecule has 1 heterocycles. The lowest BCUT2D eigenvalue weighted by atomic mass is 10.0. The van der Waals surface area contributed by atoms with E-state index in [1.807, 2.05) is 84.9 Å². The van der Waals surface area contributed by atoms with E-state index in [-0.39, 0.29) is 18.2 Å². The molecule has 7 heteroatoms. The van der Waals surface area contributed by atoms with Crippen LogP contribution in [0.3, 0.4) is 0 Å². The number of hydrogen-bond acceptors (Lipinski definition) is 5. The molecule has 0 spiro atoms. The second kappa shape index (κ2) is 14.3. The fourth-order valence-electron chi connectivity index (χ4n) is 4.63. The second-order valence-electron chi connectivity index (χ2n) is 9.48. The molecule has 0 aliphatic carbocycles. The molecular formula is C31H37N3O4. The summed E-state index contributed by atoms with van der Waals surface area (Å²) in [7, 11) is 1.63. The van der Waals surface area contributed by atoms with Crippen molar-refractivity contribution in [3.05, 3.63) is 102 Å². The smallest absolute Gasteiger partial charge is 0.243 e. The van der Waals surface area contributed by atoms with Gasteiger partial charge in [-0.05, 0) is 28.8 Å². The highest BCUT2D eigenvalue weighted by Gasteiger charge is 2.30. The van der Waals surface area contributed by atoms with Gasteiger partial charge in [0.25, 0.3) is 0 Å². The molecule has 1 fully saturated rings. The third kappa shape index (κ3) is 8.16. The molecule has 1 N–H and O–H groups in total. The first kappa shape index (κ1) is 27.4. The van der Waals surface area contributed by atoms with E-state index in [1.54, 1.807) is 12.0 Å². The van der Waals surface area contributed by atoms with Crippen molar-refractivity contribution in [3.63, 3.8) is 0 Å².